The number of fused-ring (bicyclic) bond motifs is 1. The van der Waals surface area contributed by atoms with Gasteiger partial charge in [-0.25, -0.2) is 4.98 Å². The molecule has 0 radical (unpaired) electrons. The maximum Gasteiger partial charge on any atom is 0.318 e. The number of aromatic nitrogens is 2. The van der Waals surface area contributed by atoms with Gasteiger partial charge >= 0.3 is 5.69 Å². The SMILES string of the molecule is CCOc1cc(C=C(C#N)c2nc3ccccc3[nH]2)ccc1Oc1ccc([N+](=O)[O-])cc1[N+](=O)[O-]. The van der Waals surface area contributed by atoms with Crippen molar-refractivity contribution in [3.63, 3.8) is 0 Å². The number of aromatic amines is 1. The first-order valence-electron chi connectivity index (χ1n) is 10.3. The van der Waals surface area contributed by atoms with Crippen LogP contribution in [0.1, 0.15) is 18.3 Å². The van der Waals surface area contributed by atoms with Crippen LogP contribution in [-0.4, -0.2) is 26.4 Å². The van der Waals surface area contributed by atoms with E-state index in [9.17, 15) is 25.5 Å². The van der Waals surface area contributed by atoms with Gasteiger partial charge in [-0.1, -0.05) is 18.2 Å². The number of H-pyrrole nitrogens is 1. The minimum atomic E-state index is -0.758. The van der Waals surface area contributed by atoms with Crippen LogP contribution in [0.4, 0.5) is 11.4 Å². The minimum absolute atomic E-state index is 0.170. The number of hydrogen-bond acceptors (Lipinski definition) is 8. The largest absolute Gasteiger partial charge is 0.490 e. The van der Waals surface area contributed by atoms with Crippen LogP contribution in [0.2, 0.25) is 0 Å². The summed E-state index contributed by atoms with van der Waals surface area (Å²) >= 11 is 0. The molecule has 1 N–H and O–H groups in total. The number of ether oxygens (including phenoxy) is 2. The highest BCUT2D eigenvalue weighted by molar-refractivity contribution is 5.90. The van der Waals surface area contributed by atoms with E-state index in [0.29, 0.717) is 17.0 Å². The van der Waals surface area contributed by atoms with Crippen LogP contribution < -0.4 is 9.47 Å². The highest BCUT2D eigenvalue weighted by Gasteiger charge is 2.22. The average molecular weight is 471 g/mol. The summed E-state index contributed by atoms with van der Waals surface area (Å²) < 4.78 is 11.3. The molecule has 11 nitrogen and oxygen atoms in total. The third-order valence-electron chi connectivity index (χ3n) is 4.91. The lowest BCUT2D eigenvalue weighted by Crippen LogP contribution is -1.99. The number of allylic oxidation sites excluding steroid dienone is 1. The van der Waals surface area contributed by atoms with Crippen molar-refractivity contribution in [1.29, 1.82) is 5.26 Å². The van der Waals surface area contributed by atoms with Crippen molar-refractivity contribution in [3.8, 4) is 23.3 Å². The summed E-state index contributed by atoms with van der Waals surface area (Å²) in [6.45, 7) is 2.04. The second-order valence-corrected chi connectivity index (χ2v) is 7.18. The van der Waals surface area contributed by atoms with E-state index >= 15 is 0 Å². The quantitative estimate of drug-likeness (QED) is 0.197. The fraction of sp³-hybridized carbons (Fsp3) is 0.0833. The van der Waals surface area contributed by atoms with Gasteiger partial charge in [-0.15, -0.1) is 0 Å². The van der Waals surface area contributed by atoms with E-state index in [1.807, 2.05) is 24.3 Å². The van der Waals surface area contributed by atoms with Crippen LogP contribution in [0.15, 0.2) is 60.7 Å². The lowest BCUT2D eigenvalue weighted by molar-refractivity contribution is -0.394. The van der Waals surface area contributed by atoms with E-state index < -0.39 is 21.2 Å². The maximum absolute atomic E-state index is 11.4. The summed E-state index contributed by atoms with van der Waals surface area (Å²) in [4.78, 5) is 28.5. The molecule has 0 fully saturated rings. The summed E-state index contributed by atoms with van der Waals surface area (Å²) in [6.07, 6.45) is 1.62. The number of nitro groups is 2. The Morgan fingerprint density at radius 3 is 2.51 bits per heavy atom. The van der Waals surface area contributed by atoms with Crippen molar-refractivity contribution in [2.24, 2.45) is 0 Å². The van der Waals surface area contributed by atoms with Crippen molar-refractivity contribution in [2.75, 3.05) is 6.61 Å². The summed E-state index contributed by atoms with van der Waals surface area (Å²) in [5.74, 6) is 0.678. The molecule has 4 rings (SSSR count). The van der Waals surface area contributed by atoms with Crippen LogP contribution in [0, 0.1) is 31.6 Å². The Bertz CT molecular complexity index is 1490. The molecule has 0 saturated carbocycles. The zero-order chi connectivity index (χ0) is 24.9. The molecule has 4 aromatic rings. The minimum Gasteiger partial charge on any atom is -0.490 e. The lowest BCUT2D eigenvalue weighted by atomic mass is 10.1. The summed E-state index contributed by atoms with van der Waals surface area (Å²) in [5, 5.41) is 32.1. The lowest BCUT2D eigenvalue weighted by Gasteiger charge is -2.12. The number of para-hydroxylation sites is 2. The number of nitriles is 1. The molecular formula is C24H17N5O6. The molecule has 0 amide bonds. The van der Waals surface area contributed by atoms with Crippen molar-refractivity contribution in [2.45, 2.75) is 6.92 Å². The average Bonchev–Trinajstić information content (AvgIpc) is 3.28. The smallest absolute Gasteiger partial charge is 0.318 e. The number of hydrogen-bond donors (Lipinski definition) is 1. The van der Waals surface area contributed by atoms with Crippen molar-refractivity contribution >= 4 is 34.1 Å². The zero-order valence-corrected chi connectivity index (χ0v) is 18.3. The highest BCUT2D eigenvalue weighted by atomic mass is 16.6. The van der Waals surface area contributed by atoms with Gasteiger partial charge in [0, 0.05) is 6.07 Å². The predicted octanol–water partition coefficient (Wildman–Crippen LogP) is 5.63. The van der Waals surface area contributed by atoms with Gasteiger partial charge in [-0.3, -0.25) is 20.2 Å². The van der Waals surface area contributed by atoms with Crippen LogP contribution in [0.25, 0.3) is 22.7 Å². The fourth-order valence-corrected chi connectivity index (χ4v) is 3.33. The molecule has 0 aliphatic carbocycles. The Kier molecular flexibility index (Phi) is 6.37. The molecule has 3 aromatic carbocycles. The van der Waals surface area contributed by atoms with Crippen LogP contribution in [-0.2, 0) is 0 Å². The molecule has 0 spiro atoms. The molecule has 35 heavy (non-hydrogen) atoms. The van der Waals surface area contributed by atoms with E-state index in [-0.39, 0.29) is 23.9 Å². The number of imidazole rings is 1. The standard InChI is InChI=1S/C24H17N5O6/c1-2-34-23-12-15(11-16(14-25)24-26-18-5-3-4-6-19(18)27-24)7-9-22(23)35-21-10-8-17(28(30)31)13-20(21)29(32)33/h3-13H,2H2,1H3,(H,26,27). The van der Waals surface area contributed by atoms with Gasteiger partial charge in [0.1, 0.15) is 11.9 Å². The molecule has 1 aromatic heterocycles. The molecular weight excluding hydrogens is 454 g/mol. The molecule has 0 saturated heterocycles. The first-order valence-corrected chi connectivity index (χ1v) is 10.3. The summed E-state index contributed by atoms with van der Waals surface area (Å²) in [6, 6.07) is 17.5. The first-order chi connectivity index (χ1) is 16.9. The number of nitrogens with one attached hydrogen (secondary N) is 1. The van der Waals surface area contributed by atoms with E-state index in [1.54, 1.807) is 25.1 Å². The number of nitrogens with zero attached hydrogens (tertiary/aromatic N) is 4. The molecule has 174 valence electrons. The fourth-order valence-electron chi connectivity index (χ4n) is 3.33. The molecule has 0 unspecified atom stereocenters. The van der Waals surface area contributed by atoms with Gasteiger partial charge in [-0.2, -0.15) is 5.26 Å². The number of benzene rings is 3. The highest BCUT2D eigenvalue weighted by Crippen LogP contribution is 2.39. The third-order valence-corrected chi connectivity index (χ3v) is 4.91. The maximum atomic E-state index is 11.4. The van der Waals surface area contributed by atoms with Crippen molar-refractivity contribution < 1.29 is 19.3 Å². The van der Waals surface area contributed by atoms with Crippen LogP contribution >= 0.6 is 0 Å². The number of rotatable bonds is 8. The van der Waals surface area contributed by atoms with Gasteiger partial charge in [-0.05, 0) is 48.9 Å². The Morgan fingerprint density at radius 1 is 1.06 bits per heavy atom. The molecule has 1 heterocycles. The molecule has 0 aliphatic heterocycles. The van der Waals surface area contributed by atoms with E-state index in [1.165, 1.54) is 6.07 Å². The van der Waals surface area contributed by atoms with E-state index in [4.69, 9.17) is 9.47 Å². The Labute approximate surface area is 198 Å². The van der Waals surface area contributed by atoms with Crippen LogP contribution in [0.5, 0.6) is 17.2 Å². The normalized spacial score (nSPS) is 11.1. The van der Waals surface area contributed by atoms with Gasteiger partial charge in [0.2, 0.25) is 5.75 Å². The Balaban J connectivity index is 1.70. The summed E-state index contributed by atoms with van der Waals surface area (Å²) in [7, 11) is 0. The second-order valence-electron chi connectivity index (χ2n) is 7.18. The third kappa shape index (κ3) is 4.91. The molecule has 11 heteroatoms. The Morgan fingerprint density at radius 2 is 1.83 bits per heavy atom. The van der Waals surface area contributed by atoms with E-state index in [0.717, 1.165) is 29.2 Å². The van der Waals surface area contributed by atoms with Crippen molar-refractivity contribution in [1.82, 2.24) is 9.97 Å². The second kappa shape index (κ2) is 9.72. The first kappa shape index (κ1) is 22.9. The Hall–Kier alpha value is -5.24. The monoisotopic (exact) mass is 471 g/mol. The van der Waals surface area contributed by atoms with Gasteiger partial charge in [0.15, 0.2) is 11.5 Å². The van der Waals surface area contributed by atoms with Gasteiger partial charge in [0.05, 0.1) is 39.1 Å². The predicted molar refractivity (Wildman–Crippen MR) is 127 cm³/mol. The topological polar surface area (TPSA) is 157 Å². The van der Waals surface area contributed by atoms with Crippen molar-refractivity contribution in [3.05, 3.63) is 92.3 Å². The van der Waals surface area contributed by atoms with Gasteiger partial charge < -0.3 is 14.5 Å². The summed E-state index contributed by atoms with van der Waals surface area (Å²) in [5.41, 5.74) is 1.45. The van der Waals surface area contributed by atoms with Gasteiger partial charge in [0.25, 0.3) is 5.69 Å². The molecule has 0 atom stereocenters. The van der Waals surface area contributed by atoms with E-state index in [2.05, 4.69) is 16.0 Å². The van der Waals surface area contributed by atoms with Crippen LogP contribution in [0.3, 0.4) is 0 Å². The number of non-ortho nitro benzene ring substituents is 1. The molecule has 0 aliphatic rings. The zero-order valence-electron chi connectivity index (χ0n) is 18.3. The molecule has 0 bridgehead atoms. The number of nitro benzene ring substituents is 2.